The van der Waals surface area contributed by atoms with Crippen LogP contribution in [0.1, 0.15) is 42.0 Å². The fourth-order valence-electron chi connectivity index (χ4n) is 2.15. The Labute approximate surface area is 129 Å². The summed E-state index contributed by atoms with van der Waals surface area (Å²) in [5.41, 5.74) is 12.8. The second kappa shape index (κ2) is 6.93. The van der Waals surface area contributed by atoms with E-state index in [4.69, 9.17) is 10.8 Å². The molecule has 0 aliphatic carbocycles. The molecule has 0 fully saturated rings. The lowest BCUT2D eigenvalue weighted by Crippen LogP contribution is -2.03. The smallest absolute Gasteiger partial charge is 0.303 e. The Morgan fingerprint density at radius 3 is 2.35 bits per heavy atom. The molecular formula is C16H22BrNO2. The molecule has 0 unspecified atom stereocenters. The van der Waals surface area contributed by atoms with Crippen LogP contribution in [0.2, 0.25) is 0 Å². The molecule has 1 aromatic rings. The maximum Gasteiger partial charge on any atom is 0.303 e. The average molecular weight is 340 g/mol. The number of allylic oxidation sites excluding steroid dienone is 2. The van der Waals surface area contributed by atoms with Gasteiger partial charge in [-0.2, -0.15) is 0 Å². The maximum atomic E-state index is 10.6. The molecule has 110 valence electrons. The van der Waals surface area contributed by atoms with Gasteiger partial charge in [0.1, 0.15) is 0 Å². The van der Waals surface area contributed by atoms with Crippen LogP contribution in [0.25, 0.3) is 0 Å². The van der Waals surface area contributed by atoms with Crippen LogP contribution in [0.3, 0.4) is 0 Å². The van der Waals surface area contributed by atoms with E-state index in [1.54, 1.807) is 0 Å². The van der Waals surface area contributed by atoms with Gasteiger partial charge in [-0.15, -0.1) is 0 Å². The topological polar surface area (TPSA) is 63.3 Å². The zero-order valence-electron chi connectivity index (χ0n) is 12.5. The summed E-state index contributed by atoms with van der Waals surface area (Å²) in [6.07, 6.45) is 3.57. The number of carboxylic acids is 1. The number of carboxylic acid groups (broad SMARTS) is 1. The van der Waals surface area contributed by atoms with Gasteiger partial charge in [-0.05, 0) is 78.7 Å². The second-order valence-electron chi connectivity index (χ2n) is 5.23. The molecule has 1 aromatic carbocycles. The summed E-state index contributed by atoms with van der Waals surface area (Å²) in [4.78, 5) is 10.6. The Balaban J connectivity index is 2.99. The van der Waals surface area contributed by atoms with E-state index in [1.807, 2.05) is 6.92 Å². The fourth-order valence-corrected chi connectivity index (χ4v) is 2.69. The molecule has 0 aromatic heterocycles. The zero-order valence-corrected chi connectivity index (χ0v) is 14.1. The van der Waals surface area contributed by atoms with Crippen LogP contribution in [-0.4, -0.2) is 11.1 Å². The first-order chi connectivity index (χ1) is 9.25. The normalized spacial score (nSPS) is 11.8. The molecular weight excluding hydrogens is 318 g/mol. The zero-order chi connectivity index (χ0) is 15.4. The predicted molar refractivity (Wildman–Crippen MR) is 87.1 cm³/mol. The van der Waals surface area contributed by atoms with Crippen molar-refractivity contribution in [3.8, 4) is 0 Å². The summed E-state index contributed by atoms with van der Waals surface area (Å²) >= 11 is 3.55. The average Bonchev–Trinajstić information content (AvgIpc) is 2.40. The molecule has 0 spiro atoms. The second-order valence-corrected chi connectivity index (χ2v) is 6.02. The number of rotatable bonds is 5. The maximum absolute atomic E-state index is 10.6. The molecule has 3 nitrogen and oxygen atoms in total. The van der Waals surface area contributed by atoms with Gasteiger partial charge in [0.25, 0.3) is 0 Å². The lowest BCUT2D eigenvalue weighted by molar-refractivity contribution is -0.136. The fraction of sp³-hybridized carbons (Fsp3) is 0.438. The van der Waals surface area contributed by atoms with Gasteiger partial charge < -0.3 is 10.8 Å². The number of nitrogen functional groups attached to an aromatic ring is 1. The first-order valence-electron chi connectivity index (χ1n) is 6.66. The Bertz CT molecular complexity index is 533. The molecule has 0 atom stereocenters. The third-order valence-corrected chi connectivity index (χ3v) is 4.88. The molecule has 0 aliphatic rings. The van der Waals surface area contributed by atoms with Crippen LogP contribution in [0.5, 0.6) is 0 Å². The Kier molecular flexibility index (Phi) is 5.81. The van der Waals surface area contributed by atoms with Crippen LogP contribution < -0.4 is 5.73 Å². The van der Waals surface area contributed by atoms with E-state index in [1.165, 1.54) is 16.7 Å². The van der Waals surface area contributed by atoms with Gasteiger partial charge in [0.05, 0.1) is 0 Å². The number of carbonyl (C=O) groups is 1. The Hall–Kier alpha value is -1.29. The third kappa shape index (κ3) is 3.85. The molecule has 4 heteroatoms. The number of hydrogen-bond acceptors (Lipinski definition) is 2. The summed E-state index contributed by atoms with van der Waals surface area (Å²) in [6.45, 7) is 8.20. The van der Waals surface area contributed by atoms with E-state index in [9.17, 15) is 4.79 Å². The standard InChI is InChI=1S/C16H22BrNO2/c1-9(6-8-14(19)20)5-7-13-11(3)10(2)12(4)15(17)16(13)18/h5H,6-8,18H2,1-4H3,(H,19,20)/b9-5+. The van der Waals surface area contributed by atoms with Crippen LogP contribution in [-0.2, 0) is 11.2 Å². The van der Waals surface area contributed by atoms with Gasteiger partial charge >= 0.3 is 5.97 Å². The van der Waals surface area contributed by atoms with Crippen molar-refractivity contribution in [1.82, 2.24) is 0 Å². The van der Waals surface area contributed by atoms with Gasteiger partial charge in [0.15, 0.2) is 0 Å². The number of hydrogen-bond donors (Lipinski definition) is 2. The number of nitrogens with two attached hydrogens (primary N) is 1. The van der Waals surface area contributed by atoms with Crippen molar-refractivity contribution in [1.29, 1.82) is 0 Å². The minimum Gasteiger partial charge on any atom is -0.481 e. The van der Waals surface area contributed by atoms with E-state index in [2.05, 4.69) is 42.8 Å². The summed E-state index contributed by atoms with van der Waals surface area (Å²) in [6, 6.07) is 0. The largest absolute Gasteiger partial charge is 0.481 e. The molecule has 0 saturated carbocycles. The minimum absolute atomic E-state index is 0.174. The van der Waals surface area contributed by atoms with Crippen molar-refractivity contribution in [3.05, 3.63) is 38.4 Å². The van der Waals surface area contributed by atoms with Crippen molar-refractivity contribution in [2.75, 3.05) is 5.73 Å². The highest BCUT2D eigenvalue weighted by Crippen LogP contribution is 2.33. The number of aliphatic carboxylic acids is 1. The molecule has 1 rings (SSSR count). The van der Waals surface area contributed by atoms with Gasteiger partial charge in [0.2, 0.25) is 0 Å². The molecule has 0 amide bonds. The predicted octanol–water partition coefficient (Wildman–Crippen LogP) is 4.31. The quantitative estimate of drug-likeness (QED) is 0.620. The van der Waals surface area contributed by atoms with E-state index < -0.39 is 5.97 Å². The lowest BCUT2D eigenvalue weighted by Gasteiger charge is -2.16. The van der Waals surface area contributed by atoms with Gasteiger partial charge in [-0.25, -0.2) is 0 Å². The van der Waals surface area contributed by atoms with Crippen molar-refractivity contribution < 1.29 is 9.90 Å². The third-order valence-electron chi connectivity index (χ3n) is 3.86. The highest BCUT2D eigenvalue weighted by atomic mass is 79.9. The van der Waals surface area contributed by atoms with Crippen molar-refractivity contribution in [2.45, 2.75) is 47.0 Å². The van der Waals surface area contributed by atoms with Crippen LogP contribution >= 0.6 is 15.9 Å². The molecule has 0 heterocycles. The highest BCUT2D eigenvalue weighted by molar-refractivity contribution is 9.10. The summed E-state index contributed by atoms with van der Waals surface area (Å²) in [5.74, 6) is -0.762. The molecule has 0 radical (unpaired) electrons. The van der Waals surface area contributed by atoms with E-state index in [-0.39, 0.29) is 6.42 Å². The van der Waals surface area contributed by atoms with Gasteiger partial charge in [-0.1, -0.05) is 11.6 Å². The van der Waals surface area contributed by atoms with Crippen LogP contribution in [0, 0.1) is 20.8 Å². The van der Waals surface area contributed by atoms with Gasteiger partial charge in [0, 0.05) is 16.6 Å². The SMILES string of the molecule is C/C(=C\Cc1c(C)c(C)c(C)c(Br)c1N)CCC(=O)O. The number of benzene rings is 1. The molecule has 0 saturated heterocycles. The Morgan fingerprint density at radius 1 is 1.20 bits per heavy atom. The first kappa shape index (κ1) is 16.8. The van der Waals surface area contributed by atoms with E-state index >= 15 is 0 Å². The molecule has 0 bridgehead atoms. The van der Waals surface area contributed by atoms with Crippen molar-refractivity contribution >= 4 is 27.6 Å². The molecule has 20 heavy (non-hydrogen) atoms. The van der Waals surface area contributed by atoms with Crippen LogP contribution in [0.4, 0.5) is 5.69 Å². The van der Waals surface area contributed by atoms with E-state index in [0.717, 1.165) is 27.7 Å². The van der Waals surface area contributed by atoms with Crippen LogP contribution in [0.15, 0.2) is 16.1 Å². The lowest BCUT2D eigenvalue weighted by atomic mass is 9.94. The Morgan fingerprint density at radius 2 is 1.80 bits per heavy atom. The molecule has 3 N–H and O–H groups in total. The summed E-state index contributed by atoms with van der Waals surface area (Å²) in [5, 5.41) is 8.69. The minimum atomic E-state index is -0.762. The van der Waals surface area contributed by atoms with Gasteiger partial charge in [-0.3, -0.25) is 4.79 Å². The number of halogens is 1. The van der Waals surface area contributed by atoms with Crippen molar-refractivity contribution in [3.63, 3.8) is 0 Å². The van der Waals surface area contributed by atoms with Crippen molar-refractivity contribution in [2.24, 2.45) is 0 Å². The first-order valence-corrected chi connectivity index (χ1v) is 7.46. The summed E-state index contributed by atoms with van der Waals surface area (Å²) in [7, 11) is 0. The molecule has 0 aliphatic heterocycles. The highest BCUT2D eigenvalue weighted by Gasteiger charge is 2.13. The summed E-state index contributed by atoms with van der Waals surface area (Å²) < 4.78 is 0.965. The monoisotopic (exact) mass is 339 g/mol. The number of anilines is 1. The van der Waals surface area contributed by atoms with E-state index in [0.29, 0.717) is 6.42 Å².